The second-order valence-electron chi connectivity index (χ2n) is 4.65. The first-order valence-corrected chi connectivity index (χ1v) is 6.03. The lowest BCUT2D eigenvalue weighted by Gasteiger charge is -2.17. The third-order valence-electron chi connectivity index (χ3n) is 3.08. The van der Waals surface area contributed by atoms with E-state index in [1.807, 2.05) is 13.0 Å². The second-order valence-corrected chi connectivity index (χ2v) is 4.65. The fourth-order valence-corrected chi connectivity index (χ4v) is 1.90. The lowest BCUT2D eigenvalue weighted by molar-refractivity contribution is 0.0780. The van der Waals surface area contributed by atoms with Crippen molar-refractivity contribution in [3.05, 3.63) is 58.8 Å². The van der Waals surface area contributed by atoms with Gasteiger partial charge in [-0.3, -0.25) is 4.79 Å². The van der Waals surface area contributed by atoms with E-state index in [1.165, 1.54) is 17.0 Å². The molecule has 0 aliphatic heterocycles. The molecule has 0 unspecified atom stereocenters. The van der Waals surface area contributed by atoms with Crippen molar-refractivity contribution in [3.8, 4) is 0 Å². The van der Waals surface area contributed by atoms with E-state index < -0.39 is 5.82 Å². The maximum atomic E-state index is 13.8. The monoisotopic (exact) mass is 261 g/mol. The smallest absolute Gasteiger partial charge is 0.256 e. The molecule has 0 bridgehead atoms. The molecule has 0 aliphatic carbocycles. The molecule has 0 radical (unpaired) electrons. The van der Waals surface area contributed by atoms with Crippen molar-refractivity contribution in [2.24, 2.45) is 0 Å². The van der Waals surface area contributed by atoms with Gasteiger partial charge in [0.25, 0.3) is 5.91 Å². The Balaban J connectivity index is 2.17. The van der Waals surface area contributed by atoms with Gasteiger partial charge in [0.05, 0.1) is 11.8 Å². The zero-order valence-electron chi connectivity index (χ0n) is 11.2. The van der Waals surface area contributed by atoms with Gasteiger partial charge in [-0.15, -0.1) is 0 Å². The molecule has 0 saturated carbocycles. The van der Waals surface area contributed by atoms with Crippen LogP contribution in [0.3, 0.4) is 0 Å². The molecule has 0 fully saturated rings. The molecule has 1 aromatic heterocycles. The molecule has 0 spiro atoms. The van der Waals surface area contributed by atoms with E-state index in [-0.39, 0.29) is 11.5 Å². The number of rotatable bonds is 3. The van der Waals surface area contributed by atoms with Gasteiger partial charge < -0.3 is 9.32 Å². The highest BCUT2D eigenvalue weighted by molar-refractivity contribution is 5.94. The molecule has 2 aromatic rings. The fourth-order valence-electron chi connectivity index (χ4n) is 1.90. The van der Waals surface area contributed by atoms with Crippen LogP contribution < -0.4 is 0 Å². The van der Waals surface area contributed by atoms with E-state index >= 15 is 0 Å². The number of aryl methyl sites for hydroxylation is 2. The minimum atomic E-state index is -0.485. The van der Waals surface area contributed by atoms with Gasteiger partial charge in [0.2, 0.25) is 0 Å². The summed E-state index contributed by atoms with van der Waals surface area (Å²) in [5.74, 6) is -0.0529. The van der Waals surface area contributed by atoms with Gasteiger partial charge in [0.1, 0.15) is 11.6 Å². The topological polar surface area (TPSA) is 33.5 Å². The zero-order chi connectivity index (χ0) is 14.0. The Morgan fingerprint density at radius 3 is 2.63 bits per heavy atom. The largest absolute Gasteiger partial charge is 0.469 e. The van der Waals surface area contributed by atoms with Crippen LogP contribution in [-0.2, 0) is 6.54 Å². The third-order valence-corrected chi connectivity index (χ3v) is 3.08. The second kappa shape index (κ2) is 5.26. The molecular formula is C15H16FNO2. The Hall–Kier alpha value is -2.10. The lowest BCUT2D eigenvalue weighted by atomic mass is 10.1. The van der Waals surface area contributed by atoms with Gasteiger partial charge in [-0.1, -0.05) is 6.07 Å². The molecule has 4 heteroatoms. The average Bonchev–Trinajstić information content (AvgIpc) is 2.74. The molecule has 2 rings (SSSR count). The maximum absolute atomic E-state index is 13.8. The van der Waals surface area contributed by atoms with Crippen molar-refractivity contribution in [1.29, 1.82) is 0 Å². The number of carbonyl (C=O) groups is 1. The predicted octanol–water partition coefficient (Wildman–Crippen LogP) is 3.31. The van der Waals surface area contributed by atoms with Crippen molar-refractivity contribution in [1.82, 2.24) is 4.90 Å². The van der Waals surface area contributed by atoms with E-state index in [2.05, 4.69) is 0 Å². The van der Waals surface area contributed by atoms with Gasteiger partial charge in [-0.2, -0.15) is 0 Å². The number of hydrogen-bond donors (Lipinski definition) is 0. The van der Waals surface area contributed by atoms with Crippen LogP contribution in [-0.4, -0.2) is 17.9 Å². The highest BCUT2D eigenvalue weighted by Gasteiger charge is 2.17. The summed E-state index contributed by atoms with van der Waals surface area (Å²) in [4.78, 5) is 13.6. The Morgan fingerprint density at radius 1 is 1.32 bits per heavy atom. The first-order valence-electron chi connectivity index (χ1n) is 6.03. The van der Waals surface area contributed by atoms with Crippen LogP contribution >= 0.6 is 0 Å². The Morgan fingerprint density at radius 2 is 2.05 bits per heavy atom. The normalized spacial score (nSPS) is 10.5. The van der Waals surface area contributed by atoms with Gasteiger partial charge in [0, 0.05) is 19.2 Å². The van der Waals surface area contributed by atoms with Gasteiger partial charge in [-0.05, 0) is 37.6 Å². The molecule has 0 N–H and O–H groups in total. The van der Waals surface area contributed by atoms with Crippen LogP contribution in [0.5, 0.6) is 0 Å². The third kappa shape index (κ3) is 2.84. The van der Waals surface area contributed by atoms with Crippen LogP contribution in [0, 0.1) is 19.7 Å². The number of amides is 1. The quantitative estimate of drug-likeness (QED) is 0.849. The molecule has 3 nitrogen and oxygen atoms in total. The Labute approximate surface area is 111 Å². The van der Waals surface area contributed by atoms with E-state index in [0.29, 0.717) is 6.54 Å². The highest BCUT2D eigenvalue weighted by atomic mass is 19.1. The maximum Gasteiger partial charge on any atom is 0.256 e. The summed E-state index contributed by atoms with van der Waals surface area (Å²) in [6.45, 7) is 4.02. The minimum Gasteiger partial charge on any atom is -0.469 e. The molecule has 100 valence electrons. The molecule has 0 atom stereocenters. The van der Waals surface area contributed by atoms with Crippen LogP contribution in [0.2, 0.25) is 0 Å². The van der Waals surface area contributed by atoms with Gasteiger partial charge in [0.15, 0.2) is 0 Å². The average molecular weight is 261 g/mol. The van der Waals surface area contributed by atoms with E-state index in [9.17, 15) is 9.18 Å². The summed E-state index contributed by atoms with van der Waals surface area (Å²) in [5, 5.41) is 0. The number of nitrogens with zero attached hydrogens (tertiary/aromatic N) is 1. The van der Waals surface area contributed by atoms with Crippen molar-refractivity contribution in [2.75, 3.05) is 7.05 Å². The summed E-state index contributed by atoms with van der Waals surface area (Å²) in [7, 11) is 1.65. The molecule has 1 heterocycles. The minimum absolute atomic E-state index is 0.0919. The first kappa shape index (κ1) is 13.3. The number of benzene rings is 1. The zero-order valence-corrected chi connectivity index (χ0v) is 11.2. The van der Waals surface area contributed by atoms with E-state index in [4.69, 9.17) is 4.42 Å². The fraction of sp³-hybridized carbons (Fsp3) is 0.267. The van der Waals surface area contributed by atoms with Crippen LogP contribution in [0.15, 0.2) is 34.9 Å². The van der Waals surface area contributed by atoms with E-state index in [1.54, 1.807) is 26.3 Å². The predicted molar refractivity (Wildman–Crippen MR) is 70.4 cm³/mol. The Bertz CT molecular complexity index is 604. The molecule has 1 aromatic carbocycles. The standard InChI is InChI=1S/C15H16FNO2/c1-10-4-5-13(14(16)8-10)15(18)17(3)9-12-6-7-19-11(12)2/h4-8H,9H2,1-3H3. The van der Waals surface area contributed by atoms with Gasteiger partial charge >= 0.3 is 0 Å². The van der Waals surface area contributed by atoms with Gasteiger partial charge in [-0.25, -0.2) is 4.39 Å². The number of halogens is 1. The van der Waals surface area contributed by atoms with Crippen molar-refractivity contribution in [2.45, 2.75) is 20.4 Å². The Kier molecular flexibility index (Phi) is 3.69. The van der Waals surface area contributed by atoms with Crippen molar-refractivity contribution >= 4 is 5.91 Å². The summed E-state index contributed by atoms with van der Waals surface area (Å²) in [5.41, 5.74) is 1.81. The summed E-state index contributed by atoms with van der Waals surface area (Å²) >= 11 is 0. The van der Waals surface area contributed by atoms with Crippen LogP contribution in [0.4, 0.5) is 4.39 Å². The SMILES string of the molecule is Cc1ccc(C(=O)N(C)Cc2ccoc2C)c(F)c1. The molecular weight excluding hydrogens is 245 g/mol. The molecule has 19 heavy (non-hydrogen) atoms. The number of hydrogen-bond acceptors (Lipinski definition) is 2. The van der Waals surface area contributed by atoms with Crippen LogP contribution in [0.1, 0.15) is 27.2 Å². The lowest BCUT2D eigenvalue weighted by Crippen LogP contribution is -2.27. The van der Waals surface area contributed by atoms with Crippen LogP contribution in [0.25, 0.3) is 0 Å². The summed E-state index contributed by atoms with van der Waals surface area (Å²) in [6.07, 6.45) is 1.58. The highest BCUT2D eigenvalue weighted by Crippen LogP contribution is 2.15. The summed E-state index contributed by atoms with van der Waals surface area (Å²) < 4.78 is 18.9. The molecule has 1 amide bonds. The number of carbonyl (C=O) groups excluding carboxylic acids is 1. The first-order chi connectivity index (χ1) is 8.99. The molecule has 0 aliphatic rings. The molecule has 0 saturated heterocycles. The van der Waals surface area contributed by atoms with Crippen molar-refractivity contribution < 1.29 is 13.6 Å². The van der Waals surface area contributed by atoms with E-state index in [0.717, 1.165) is 16.9 Å². The summed E-state index contributed by atoms with van der Waals surface area (Å²) in [6, 6.07) is 6.42. The number of furan rings is 1. The van der Waals surface area contributed by atoms with Crippen molar-refractivity contribution in [3.63, 3.8) is 0 Å².